The van der Waals surface area contributed by atoms with Gasteiger partial charge in [-0.05, 0) is 80.2 Å². The van der Waals surface area contributed by atoms with Gasteiger partial charge < -0.3 is 26.3 Å². The number of piperidine rings is 1. The molecular formula is C40H51FN6O4. The van der Waals surface area contributed by atoms with Crippen LogP contribution in [-0.2, 0) is 32.0 Å². The van der Waals surface area contributed by atoms with Gasteiger partial charge in [-0.1, -0.05) is 62.4 Å². The highest BCUT2D eigenvalue weighted by molar-refractivity contribution is 5.94. The Morgan fingerprint density at radius 1 is 0.882 bits per heavy atom. The third-order valence-electron chi connectivity index (χ3n) is 11.9. The second-order valence-corrected chi connectivity index (χ2v) is 15.2. The number of H-pyrrole nitrogens is 1. The van der Waals surface area contributed by atoms with Crippen LogP contribution in [0.2, 0.25) is 0 Å². The van der Waals surface area contributed by atoms with Crippen molar-refractivity contribution in [2.45, 2.75) is 108 Å². The van der Waals surface area contributed by atoms with E-state index < -0.39 is 41.7 Å². The Labute approximate surface area is 299 Å². The van der Waals surface area contributed by atoms with E-state index in [9.17, 15) is 23.6 Å². The molecule has 1 aliphatic carbocycles. The van der Waals surface area contributed by atoms with Crippen LogP contribution in [0.15, 0.2) is 48.5 Å². The molecule has 7 rings (SSSR count). The van der Waals surface area contributed by atoms with Gasteiger partial charge in [0, 0.05) is 42.7 Å². The molecule has 2 saturated heterocycles. The normalized spacial score (nSPS) is 23.6. The van der Waals surface area contributed by atoms with Crippen LogP contribution in [0.5, 0.6) is 0 Å². The fourth-order valence-corrected chi connectivity index (χ4v) is 9.15. The molecule has 4 amide bonds. The number of hydrogen-bond acceptors (Lipinski definition) is 5. The summed E-state index contributed by atoms with van der Waals surface area (Å²) in [6.07, 6.45) is 10.8. The van der Waals surface area contributed by atoms with Crippen LogP contribution in [0.1, 0.15) is 93.5 Å². The Morgan fingerprint density at radius 2 is 1.67 bits per heavy atom. The fourth-order valence-electron chi connectivity index (χ4n) is 9.15. The molecule has 0 spiro atoms. The molecule has 51 heavy (non-hydrogen) atoms. The Balaban J connectivity index is 1.06. The first-order valence-electron chi connectivity index (χ1n) is 19.0. The number of hydrogen-bond donors (Lipinski definition) is 4. The molecule has 10 nitrogen and oxygen atoms in total. The highest BCUT2D eigenvalue weighted by atomic mass is 19.1. The Kier molecular flexibility index (Phi) is 10.7. The zero-order chi connectivity index (χ0) is 35.5. The van der Waals surface area contributed by atoms with E-state index in [-0.39, 0.29) is 24.3 Å². The zero-order valence-corrected chi connectivity index (χ0v) is 29.4. The summed E-state index contributed by atoms with van der Waals surface area (Å²) in [7, 11) is 0. The lowest BCUT2D eigenvalue weighted by atomic mass is 9.84. The number of likely N-dealkylation sites (tertiary alicyclic amines) is 1. The standard InChI is InChI=1S/C40H51FN6O4/c41-28-16-12-26(13-17-28)23-33(40(51)47-21-6-11-35(47)37(42)48)45-39(50)32(18-14-25-7-2-1-3-8-25)44-38(49)27-15-19-34-36-30(20-22-46(34)24-27)29-9-4-5-10-31(29)43-36/h4-5,9-10,12-13,16-17,25,27,32-35,43H,1-3,6-8,11,14-15,18-24H2,(H2,42,48)(H,44,49)(H,45,50)/t27-,32-,33-,34+,35-/m0/s1. The molecule has 0 radical (unpaired) electrons. The van der Waals surface area contributed by atoms with Crippen molar-refractivity contribution in [1.82, 2.24) is 25.4 Å². The number of fused-ring (bicyclic) bond motifs is 5. The number of aromatic nitrogens is 1. The highest BCUT2D eigenvalue weighted by Gasteiger charge is 2.40. The molecule has 1 saturated carbocycles. The molecule has 4 aliphatic rings. The van der Waals surface area contributed by atoms with E-state index in [2.05, 4.69) is 44.8 Å². The van der Waals surface area contributed by atoms with Crippen LogP contribution in [0.4, 0.5) is 4.39 Å². The maximum atomic E-state index is 14.2. The maximum absolute atomic E-state index is 14.2. The van der Waals surface area contributed by atoms with Crippen LogP contribution in [0.25, 0.3) is 10.9 Å². The minimum atomic E-state index is -1.01. The summed E-state index contributed by atoms with van der Waals surface area (Å²) in [6, 6.07) is 11.9. The topological polar surface area (TPSA) is 141 Å². The number of nitrogens with zero attached hydrogens (tertiary/aromatic N) is 2. The van der Waals surface area contributed by atoms with Crippen molar-refractivity contribution in [2.24, 2.45) is 17.6 Å². The summed E-state index contributed by atoms with van der Waals surface area (Å²) in [5, 5.41) is 7.40. The number of amides is 4. The molecular weight excluding hydrogens is 647 g/mol. The number of carbonyl (C=O) groups is 4. The van der Waals surface area contributed by atoms with Crippen molar-refractivity contribution >= 4 is 34.5 Å². The molecule has 5 atom stereocenters. The molecule has 272 valence electrons. The van der Waals surface area contributed by atoms with E-state index in [1.54, 1.807) is 12.1 Å². The first kappa shape index (κ1) is 35.2. The average molecular weight is 699 g/mol. The van der Waals surface area contributed by atoms with E-state index in [4.69, 9.17) is 5.73 Å². The van der Waals surface area contributed by atoms with Gasteiger partial charge in [0.25, 0.3) is 0 Å². The minimum absolute atomic E-state index is 0.116. The van der Waals surface area contributed by atoms with E-state index in [0.717, 1.165) is 44.2 Å². The van der Waals surface area contributed by atoms with Gasteiger partial charge in [-0.15, -0.1) is 0 Å². The van der Waals surface area contributed by atoms with Gasteiger partial charge in [-0.2, -0.15) is 0 Å². The van der Waals surface area contributed by atoms with Crippen LogP contribution in [0, 0.1) is 17.7 Å². The molecule has 1 aromatic heterocycles. The number of benzene rings is 2. The van der Waals surface area contributed by atoms with Gasteiger partial charge >= 0.3 is 0 Å². The number of nitrogens with one attached hydrogen (secondary N) is 3. The van der Waals surface area contributed by atoms with Gasteiger partial charge in [0.05, 0.1) is 12.0 Å². The number of aromatic amines is 1. The lowest BCUT2D eigenvalue weighted by Gasteiger charge is -2.42. The fraction of sp³-hybridized carbons (Fsp3) is 0.550. The molecule has 0 bridgehead atoms. The number of carbonyl (C=O) groups excluding carboxylic acids is 4. The van der Waals surface area contributed by atoms with Crippen LogP contribution in [0.3, 0.4) is 0 Å². The number of para-hydroxylation sites is 1. The minimum Gasteiger partial charge on any atom is -0.368 e. The molecule has 3 fully saturated rings. The summed E-state index contributed by atoms with van der Waals surface area (Å²) in [5.74, 6) is -1.67. The van der Waals surface area contributed by atoms with Gasteiger partial charge in [-0.25, -0.2) is 4.39 Å². The summed E-state index contributed by atoms with van der Waals surface area (Å²) < 4.78 is 13.8. The molecule has 5 N–H and O–H groups in total. The first-order chi connectivity index (χ1) is 24.7. The van der Waals surface area contributed by atoms with Crippen molar-refractivity contribution in [1.29, 1.82) is 0 Å². The number of nitrogens with two attached hydrogens (primary N) is 1. The zero-order valence-electron chi connectivity index (χ0n) is 29.4. The number of rotatable bonds is 11. The maximum Gasteiger partial charge on any atom is 0.246 e. The van der Waals surface area contributed by atoms with E-state index in [1.807, 2.05) is 0 Å². The predicted octanol–water partition coefficient (Wildman–Crippen LogP) is 4.67. The SMILES string of the molecule is NC(=O)[C@@H]1CCCN1C(=O)[C@H](Cc1ccc(F)cc1)NC(=O)[C@H](CCC1CCCCC1)NC(=O)[C@H]1CC[C@@H]2c3[nH]c4ccccc4c3CCN2C1. The lowest BCUT2D eigenvalue weighted by molar-refractivity contribution is -0.141. The Morgan fingerprint density at radius 3 is 2.45 bits per heavy atom. The third-order valence-corrected chi connectivity index (χ3v) is 11.9. The van der Waals surface area contributed by atoms with Gasteiger partial charge in [0.15, 0.2) is 0 Å². The van der Waals surface area contributed by atoms with Crippen molar-refractivity contribution in [3.8, 4) is 0 Å². The molecule has 3 aromatic rings. The smallest absolute Gasteiger partial charge is 0.246 e. The van der Waals surface area contributed by atoms with Crippen LogP contribution >= 0.6 is 0 Å². The number of primary amides is 1. The molecule has 11 heteroatoms. The van der Waals surface area contributed by atoms with Crippen molar-refractivity contribution in [3.05, 3.63) is 71.2 Å². The largest absolute Gasteiger partial charge is 0.368 e. The first-order valence-corrected chi connectivity index (χ1v) is 19.0. The summed E-state index contributed by atoms with van der Waals surface area (Å²) >= 11 is 0. The quantitative estimate of drug-likeness (QED) is 0.231. The molecule has 0 unspecified atom stereocenters. The summed E-state index contributed by atoms with van der Waals surface area (Å²) in [6.45, 7) is 1.87. The number of halogens is 1. The Hall–Kier alpha value is -4.25. The predicted molar refractivity (Wildman–Crippen MR) is 193 cm³/mol. The molecule has 2 aromatic carbocycles. The second kappa shape index (κ2) is 15.6. The monoisotopic (exact) mass is 698 g/mol. The molecule has 3 aliphatic heterocycles. The van der Waals surface area contributed by atoms with Gasteiger partial charge in [0.1, 0.15) is 23.9 Å². The Bertz CT molecular complexity index is 1740. The van der Waals surface area contributed by atoms with E-state index >= 15 is 0 Å². The average Bonchev–Trinajstić information content (AvgIpc) is 3.80. The summed E-state index contributed by atoms with van der Waals surface area (Å²) in [4.78, 5) is 61.9. The molecule has 4 heterocycles. The van der Waals surface area contributed by atoms with E-state index in [1.165, 1.54) is 52.9 Å². The van der Waals surface area contributed by atoms with Gasteiger partial charge in [0.2, 0.25) is 23.6 Å². The summed E-state index contributed by atoms with van der Waals surface area (Å²) in [5.41, 5.74) is 10.1. The van der Waals surface area contributed by atoms with Gasteiger partial charge in [-0.3, -0.25) is 24.1 Å². The van der Waals surface area contributed by atoms with Crippen LogP contribution < -0.4 is 16.4 Å². The van der Waals surface area contributed by atoms with Crippen molar-refractivity contribution in [3.63, 3.8) is 0 Å². The second-order valence-electron chi connectivity index (χ2n) is 15.2. The van der Waals surface area contributed by atoms with Crippen molar-refractivity contribution < 1.29 is 23.6 Å². The van der Waals surface area contributed by atoms with E-state index in [0.29, 0.717) is 50.3 Å². The van der Waals surface area contributed by atoms with Crippen molar-refractivity contribution in [2.75, 3.05) is 19.6 Å². The highest BCUT2D eigenvalue weighted by Crippen LogP contribution is 2.40. The van der Waals surface area contributed by atoms with Crippen LogP contribution in [-0.4, -0.2) is 76.2 Å². The lowest BCUT2D eigenvalue weighted by Crippen LogP contribution is -2.58. The third kappa shape index (κ3) is 7.83.